The van der Waals surface area contributed by atoms with Gasteiger partial charge in [-0.05, 0) is 80.8 Å². The minimum atomic E-state index is -4.39. The molecule has 4 rings (SSSR count). The quantitative estimate of drug-likeness (QED) is 0.336. The van der Waals surface area contributed by atoms with Gasteiger partial charge in [-0.1, -0.05) is 12.5 Å². The lowest BCUT2D eigenvalue weighted by Gasteiger charge is -2.34. The first-order chi connectivity index (χ1) is 17.7. The molecule has 1 saturated heterocycles. The van der Waals surface area contributed by atoms with Crippen LogP contribution < -0.4 is 4.74 Å². The molecule has 1 aliphatic heterocycles. The largest absolute Gasteiger partial charge is 0.493 e. The summed E-state index contributed by atoms with van der Waals surface area (Å²) in [6, 6.07) is 10.5. The molecule has 1 aliphatic rings. The second-order valence-electron chi connectivity index (χ2n) is 9.29. The van der Waals surface area contributed by atoms with Gasteiger partial charge in [-0.25, -0.2) is 4.98 Å². The van der Waals surface area contributed by atoms with Crippen LogP contribution in [0.5, 0.6) is 5.75 Å². The summed E-state index contributed by atoms with van der Waals surface area (Å²) in [5.74, 6) is 1.44. The highest BCUT2D eigenvalue weighted by Crippen LogP contribution is 2.31. The molecule has 1 unspecified atom stereocenters. The number of piperidine rings is 1. The van der Waals surface area contributed by atoms with Crippen molar-refractivity contribution in [3.05, 3.63) is 70.6 Å². The Hall–Kier alpha value is -3.33. The number of esters is 1. The molecule has 9 heteroatoms. The Morgan fingerprint density at radius 2 is 1.89 bits per heavy atom. The van der Waals surface area contributed by atoms with Gasteiger partial charge in [-0.3, -0.25) is 9.69 Å². The van der Waals surface area contributed by atoms with Crippen molar-refractivity contribution in [1.82, 2.24) is 9.88 Å². The maximum atomic E-state index is 12.8. The summed E-state index contributed by atoms with van der Waals surface area (Å²) in [7, 11) is 1.43. The van der Waals surface area contributed by atoms with E-state index in [4.69, 9.17) is 13.9 Å². The Morgan fingerprint density at radius 3 is 2.57 bits per heavy atom. The number of oxazole rings is 1. The van der Waals surface area contributed by atoms with Crippen LogP contribution in [0.2, 0.25) is 0 Å². The molecule has 1 fully saturated rings. The number of nitrogens with zero attached hydrogens (tertiary/aromatic N) is 2. The number of hydrogen-bond acceptors (Lipinski definition) is 6. The first-order valence-corrected chi connectivity index (χ1v) is 12.3. The van der Waals surface area contributed by atoms with Crippen LogP contribution in [0.1, 0.15) is 47.4 Å². The molecule has 0 N–H and O–H groups in total. The SMILES string of the molecule is COC(=O)C1CCCCN1Cc1ccc(OCCc2nc(-c3ccc(C(F)(F)F)cc3)oc2C)cc1C. The monoisotopic (exact) mass is 516 g/mol. The lowest BCUT2D eigenvalue weighted by molar-refractivity contribution is -0.148. The Labute approximate surface area is 214 Å². The van der Waals surface area contributed by atoms with E-state index in [-0.39, 0.29) is 17.9 Å². The van der Waals surface area contributed by atoms with Gasteiger partial charge in [0.15, 0.2) is 0 Å². The van der Waals surface area contributed by atoms with Crippen LogP contribution in [0, 0.1) is 13.8 Å². The third kappa shape index (κ3) is 6.52. The standard InChI is InChI=1S/C28H31F3N2O4/c1-18-16-23(12-9-21(18)17-33-14-5-4-6-25(33)27(34)35-3)36-15-13-24-19(2)37-26(32-24)20-7-10-22(11-8-20)28(29,30)31/h7-12,16,25H,4-6,13-15,17H2,1-3H3. The summed E-state index contributed by atoms with van der Waals surface area (Å²) >= 11 is 0. The van der Waals surface area contributed by atoms with Crippen molar-refractivity contribution in [3.8, 4) is 17.2 Å². The molecule has 1 aromatic heterocycles. The summed E-state index contributed by atoms with van der Waals surface area (Å²) in [4.78, 5) is 18.8. The number of carbonyl (C=O) groups is 1. The van der Waals surface area contributed by atoms with Crippen LogP contribution in [0.3, 0.4) is 0 Å². The van der Waals surface area contributed by atoms with Crippen molar-refractivity contribution < 1.29 is 31.9 Å². The smallest absolute Gasteiger partial charge is 0.416 e. The Balaban J connectivity index is 1.34. The molecular weight excluding hydrogens is 485 g/mol. The van der Waals surface area contributed by atoms with Crippen LogP contribution >= 0.6 is 0 Å². The number of carbonyl (C=O) groups excluding carboxylic acids is 1. The van der Waals surface area contributed by atoms with Crippen LogP contribution in [0.25, 0.3) is 11.5 Å². The van der Waals surface area contributed by atoms with Gasteiger partial charge in [-0.15, -0.1) is 0 Å². The number of likely N-dealkylation sites (tertiary alicyclic amines) is 1. The average Bonchev–Trinajstić information content (AvgIpc) is 3.25. The number of hydrogen-bond donors (Lipinski definition) is 0. The summed E-state index contributed by atoms with van der Waals surface area (Å²) in [5.41, 5.74) is 2.68. The predicted molar refractivity (Wildman–Crippen MR) is 132 cm³/mol. The molecule has 0 bridgehead atoms. The number of ether oxygens (including phenoxy) is 2. The van der Waals surface area contributed by atoms with E-state index in [1.54, 1.807) is 6.92 Å². The van der Waals surface area contributed by atoms with Crippen molar-refractivity contribution in [2.45, 2.75) is 58.3 Å². The van der Waals surface area contributed by atoms with Crippen molar-refractivity contribution in [2.24, 2.45) is 0 Å². The normalized spacial score (nSPS) is 16.5. The van der Waals surface area contributed by atoms with Crippen LogP contribution in [-0.4, -0.2) is 42.2 Å². The number of halogens is 3. The van der Waals surface area contributed by atoms with Crippen LogP contribution in [0.4, 0.5) is 13.2 Å². The van der Waals surface area contributed by atoms with E-state index in [9.17, 15) is 18.0 Å². The Morgan fingerprint density at radius 1 is 1.14 bits per heavy atom. The molecule has 0 radical (unpaired) electrons. The van der Waals surface area contributed by atoms with Gasteiger partial charge in [0, 0.05) is 18.5 Å². The molecule has 0 saturated carbocycles. The van der Waals surface area contributed by atoms with Crippen LogP contribution in [-0.2, 0) is 28.7 Å². The third-order valence-corrected chi connectivity index (χ3v) is 6.73. The van der Waals surface area contributed by atoms with Gasteiger partial charge in [0.1, 0.15) is 17.6 Å². The van der Waals surface area contributed by atoms with E-state index in [0.717, 1.165) is 54.8 Å². The Kier molecular flexibility index (Phi) is 8.22. The Bertz CT molecular complexity index is 1220. The van der Waals surface area contributed by atoms with E-state index >= 15 is 0 Å². The molecule has 2 heterocycles. The third-order valence-electron chi connectivity index (χ3n) is 6.73. The van der Waals surface area contributed by atoms with Gasteiger partial charge in [0.25, 0.3) is 0 Å². The fraction of sp³-hybridized carbons (Fsp3) is 0.429. The molecular formula is C28H31F3N2O4. The first kappa shape index (κ1) is 26.7. The van der Waals surface area contributed by atoms with Crippen molar-refractivity contribution >= 4 is 5.97 Å². The second kappa shape index (κ2) is 11.4. The lowest BCUT2D eigenvalue weighted by Crippen LogP contribution is -2.44. The second-order valence-corrected chi connectivity index (χ2v) is 9.29. The summed E-state index contributed by atoms with van der Waals surface area (Å²) in [6.07, 6.45) is -0.988. The van der Waals surface area contributed by atoms with E-state index < -0.39 is 11.7 Å². The number of aromatic nitrogens is 1. The maximum absolute atomic E-state index is 12.8. The number of alkyl halides is 3. The zero-order chi connectivity index (χ0) is 26.6. The van der Waals surface area contributed by atoms with Gasteiger partial charge >= 0.3 is 12.1 Å². The first-order valence-electron chi connectivity index (χ1n) is 12.3. The molecule has 0 aliphatic carbocycles. The average molecular weight is 517 g/mol. The van der Waals surface area contributed by atoms with E-state index in [2.05, 4.69) is 9.88 Å². The molecule has 0 amide bonds. The predicted octanol–water partition coefficient (Wildman–Crippen LogP) is 6.13. The zero-order valence-corrected chi connectivity index (χ0v) is 21.2. The minimum absolute atomic E-state index is 0.179. The molecule has 3 aromatic rings. The molecule has 1 atom stereocenters. The number of aryl methyl sites for hydroxylation is 2. The molecule has 198 valence electrons. The fourth-order valence-corrected chi connectivity index (χ4v) is 4.59. The zero-order valence-electron chi connectivity index (χ0n) is 21.2. The van der Waals surface area contributed by atoms with Gasteiger partial charge in [0.2, 0.25) is 5.89 Å². The highest BCUT2D eigenvalue weighted by molar-refractivity contribution is 5.75. The highest BCUT2D eigenvalue weighted by atomic mass is 19.4. The topological polar surface area (TPSA) is 64.8 Å². The minimum Gasteiger partial charge on any atom is -0.493 e. The number of rotatable bonds is 8. The van der Waals surface area contributed by atoms with Gasteiger partial charge in [0.05, 0.1) is 25.0 Å². The molecule has 2 aromatic carbocycles. The molecule has 37 heavy (non-hydrogen) atoms. The maximum Gasteiger partial charge on any atom is 0.416 e. The van der Waals surface area contributed by atoms with Crippen LogP contribution in [0.15, 0.2) is 46.9 Å². The summed E-state index contributed by atoms with van der Waals surface area (Å²) in [5, 5.41) is 0. The van der Waals surface area contributed by atoms with E-state index in [1.165, 1.54) is 19.2 Å². The number of methoxy groups -OCH3 is 1. The fourth-order valence-electron chi connectivity index (χ4n) is 4.59. The molecule has 0 spiro atoms. The van der Waals surface area contributed by atoms with Crippen molar-refractivity contribution in [2.75, 3.05) is 20.3 Å². The van der Waals surface area contributed by atoms with Crippen molar-refractivity contribution in [1.29, 1.82) is 0 Å². The molecule has 6 nitrogen and oxygen atoms in total. The van der Waals surface area contributed by atoms with Gasteiger partial charge in [-0.2, -0.15) is 13.2 Å². The summed E-state index contributed by atoms with van der Waals surface area (Å²) < 4.78 is 55.0. The lowest BCUT2D eigenvalue weighted by atomic mass is 10.00. The number of benzene rings is 2. The van der Waals surface area contributed by atoms with E-state index in [1.807, 2.05) is 25.1 Å². The summed E-state index contributed by atoms with van der Waals surface area (Å²) in [6.45, 7) is 5.71. The van der Waals surface area contributed by atoms with E-state index in [0.29, 0.717) is 36.6 Å². The van der Waals surface area contributed by atoms with Gasteiger partial charge < -0.3 is 13.9 Å². The van der Waals surface area contributed by atoms with Crippen molar-refractivity contribution in [3.63, 3.8) is 0 Å². The highest BCUT2D eigenvalue weighted by Gasteiger charge is 2.31.